The number of carboxylic acids is 1. The molecule has 1 unspecified atom stereocenters. The molecule has 1 rings (SSSR count). The second kappa shape index (κ2) is 7.05. The van der Waals surface area contributed by atoms with E-state index >= 15 is 0 Å². The Morgan fingerprint density at radius 2 is 1.73 bits per heavy atom. The molecule has 22 heavy (non-hydrogen) atoms. The number of alkyl halides is 5. The van der Waals surface area contributed by atoms with Gasteiger partial charge in [-0.2, -0.15) is 22.0 Å². The minimum Gasteiger partial charge on any atom is -0.480 e. The molecule has 0 bridgehead atoms. The van der Waals surface area contributed by atoms with Gasteiger partial charge in [0, 0.05) is 5.56 Å². The molecule has 0 saturated carbocycles. The highest BCUT2D eigenvalue weighted by molar-refractivity contribution is 5.96. The lowest BCUT2D eigenvalue weighted by molar-refractivity contribution is -0.157. The average molecular weight is 327 g/mol. The van der Waals surface area contributed by atoms with Crippen LogP contribution in [0.4, 0.5) is 22.0 Å². The molecule has 0 heterocycles. The van der Waals surface area contributed by atoms with Crippen molar-refractivity contribution in [1.82, 2.24) is 5.32 Å². The summed E-state index contributed by atoms with van der Waals surface area (Å²) in [5.41, 5.74) is -0.199. The van der Waals surface area contributed by atoms with Gasteiger partial charge in [-0.25, -0.2) is 4.79 Å². The SMILES string of the molecule is O=C(NC(CC(F)(F)F)C(=O)O)c1ccc(OC(F)F)cc1. The number of nitrogens with one attached hydrogen (secondary N) is 1. The van der Waals surface area contributed by atoms with Gasteiger partial charge in [0.2, 0.25) is 0 Å². The van der Waals surface area contributed by atoms with Crippen LogP contribution in [0.3, 0.4) is 0 Å². The lowest BCUT2D eigenvalue weighted by Gasteiger charge is -2.16. The van der Waals surface area contributed by atoms with E-state index in [0.717, 1.165) is 24.3 Å². The van der Waals surface area contributed by atoms with E-state index in [4.69, 9.17) is 5.11 Å². The van der Waals surface area contributed by atoms with Crippen LogP contribution in [0.1, 0.15) is 16.8 Å². The molecule has 0 radical (unpaired) electrons. The molecule has 0 aliphatic heterocycles. The molecular weight excluding hydrogens is 317 g/mol. The van der Waals surface area contributed by atoms with Gasteiger partial charge in [0.05, 0.1) is 6.42 Å². The number of halogens is 5. The van der Waals surface area contributed by atoms with Gasteiger partial charge < -0.3 is 15.2 Å². The molecule has 1 aromatic rings. The van der Waals surface area contributed by atoms with E-state index in [1.165, 1.54) is 0 Å². The minimum absolute atomic E-state index is 0.199. The van der Waals surface area contributed by atoms with Crippen molar-refractivity contribution in [2.75, 3.05) is 0 Å². The first kappa shape index (κ1) is 17.7. The number of carbonyl (C=O) groups excluding carboxylic acids is 1. The van der Waals surface area contributed by atoms with Crippen LogP contribution in [0.25, 0.3) is 0 Å². The summed E-state index contributed by atoms with van der Waals surface area (Å²) in [4.78, 5) is 22.3. The molecule has 1 amide bonds. The minimum atomic E-state index is -4.77. The Morgan fingerprint density at radius 1 is 1.18 bits per heavy atom. The molecule has 122 valence electrons. The maximum atomic E-state index is 12.2. The second-order valence-corrected chi connectivity index (χ2v) is 4.09. The van der Waals surface area contributed by atoms with Crippen LogP contribution in [-0.4, -0.2) is 35.8 Å². The van der Waals surface area contributed by atoms with Crippen LogP contribution in [0.2, 0.25) is 0 Å². The van der Waals surface area contributed by atoms with Gasteiger partial charge in [-0.15, -0.1) is 0 Å². The molecule has 2 N–H and O–H groups in total. The number of rotatable bonds is 6. The third kappa shape index (κ3) is 5.94. The molecule has 0 aromatic heterocycles. The summed E-state index contributed by atoms with van der Waals surface area (Å²) in [5.74, 6) is -3.18. The van der Waals surface area contributed by atoms with Gasteiger partial charge in [-0.05, 0) is 24.3 Å². The number of hydrogen-bond donors (Lipinski definition) is 2. The highest BCUT2D eigenvalue weighted by atomic mass is 19.4. The van der Waals surface area contributed by atoms with Crippen molar-refractivity contribution in [3.63, 3.8) is 0 Å². The monoisotopic (exact) mass is 327 g/mol. The van der Waals surface area contributed by atoms with Crippen molar-refractivity contribution < 1.29 is 41.4 Å². The predicted molar refractivity (Wildman–Crippen MR) is 62.6 cm³/mol. The van der Waals surface area contributed by atoms with Gasteiger partial charge in [0.15, 0.2) is 0 Å². The largest absolute Gasteiger partial charge is 0.480 e. The summed E-state index contributed by atoms with van der Waals surface area (Å²) in [6.07, 6.45) is -6.51. The second-order valence-electron chi connectivity index (χ2n) is 4.09. The van der Waals surface area contributed by atoms with Crippen LogP contribution in [0.15, 0.2) is 24.3 Å². The molecule has 1 atom stereocenters. The van der Waals surface area contributed by atoms with Crippen LogP contribution in [0, 0.1) is 0 Å². The number of carboxylic acid groups (broad SMARTS) is 1. The number of ether oxygens (including phenoxy) is 1. The fourth-order valence-corrected chi connectivity index (χ4v) is 1.46. The standard InChI is InChI=1S/C12H10F5NO4/c13-11(14)22-7-3-1-6(2-4-7)9(19)18-8(10(20)21)5-12(15,16)17/h1-4,8,11H,5H2,(H,18,19)(H,20,21). The van der Waals surface area contributed by atoms with Gasteiger partial charge in [0.1, 0.15) is 11.8 Å². The van der Waals surface area contributed by atoms with Gasteiger partial charge >= 0.3 is 18.8 Å². The molecule has 10 heteroatoms. The number of aliphatic carboxylic acids is 1. The van der Waals surface area contributed by atoms with E-state index in [1.807, 2.05) is 0 Å². The Kier molecular flexibility index (Phi) is 5.66. The Hall–Kier alpha value is -2.39. The number of hydrogen-bond acceptors (Lipinski definition) is 3. The zero-order valence-corrected chi connectivity index (χ0v) is 10.7. The Labute approximate surface area is 120 Å². The number of benzene rings is 1. The molecule has 0 spiro atoms. The first-order chi connectivity index (χ1) is 10.1. The van der Waals surface area contributed by atoms with Crippen molar-refractivity contribution in [3.8, 4) is 5.75 Å². The van der Waals surface area contributed by atoms with E-state index < -0.39 is 37.1 Å². The van der Waals surface area contributed by atoms with Crippen molar-refractivity contribution >= 4 is 11.9 Å². The molecule has 0 fully saturated rings. The Morgan fingerprint density at radius 3 is 2.14 bits per heavy atom. The first-order valence-electron chi connectivity index (χ1n) is 5.74. The number of carbonyl (C=O) groups is 2. The van der Waals surface area contributed by atoms with Crippen molar-refractivity contribution in [2.45, 2.75) is 25.3 Å². The third-order valence-corrected chi connectivity index (χ3v) is 2.38. The smallest absolute Gasteiger partial charge is 0.391 e. The molecular formula is C12H10F5NO4. The average Bonchev–Trinajstić information content (AvgIpc) is 2.36. The zero-order chi connectivity index (χ0) is 16.9. The van der Waals surface area contributed by atoms with Crippen molar-refractivity contribution in [1.29, 1.82) is 0 Å². The summed E-state index contributed by atoms with van der Waals surface area (Å²) >= 11 is 0. The molecule has 0 aliphatic carbocycles. The van der Waals surface area contributed by atoms with Crippen LogP contribution >= 0.6 is 0 Å². The van der Waals surface area contributed by atoms with Gasteiger partial charge in [-0.1, -0.05) is 0 Å². The quantitative estimate of drug-likeness (QED) is 0.787. The van der Waals surface area contributed by atoms with E-state index in [2.05, 4.69) is 4.74 Å². The maximum Gasteiger partial charge on any atom is 0.391 e. The van der Waals surface area contributed by atoms with Crippen LogP contribution < -0.4 is 10.1 Å². The number of amides is 1. The maximum absolute atomic E-state index is 12.2. The fourth-order valence-electron chi connectivity index (χ4n) is 1.46. The molecule has 5 nitrogen and oxygen atoms in total. The predicted octanol–water partition coefficient (Wildman–Crippen LogP) is 2.42. The lowest BCUT2D eigenvalue weighted by Crippen LogP contribution is -2.43. The van der Waals surface area contributed by atoms with E-state index in [9.17, 15) is 31.5 Å². The fraction of sp³-hybridized carbons (Fsp3) is 0.333. The third-order valence-electron chi connectivity index (χ3n) is 2.38. The Balaban J connectivity index is 2.75. The highest BCUT2D eigenvalue weighted by Crippen LogP contribution is 2.22. The molecule has 0 aliphatic rings. The van der Waals surface area contributed by atoms with E-state index in [-0.39, 0.29) is 11.3 Å². The van der Waals surface area contributed by atoms with E-state index in [1.54, 1.807) is 5.32 Å². The van der Waals surface area contributed by atoms with Gasteiger partial charge in [-0.3, -0.25) is 4.79 Å². The molecule has 1 aromatic carbocycles. The summed E-state index contributed by atoms with van der Waals surface area (Å²) in [6, 6.07) is 1.88. The molecule has 0 saturated heterocycles. The zero-order valence-electron chi connectivity index (χ0n) is 10.7. The summed E-state index contributed by atoms with van der Waals surface area (Å²) in [5, 5.41) is 10.4. The summed E-state index contributed by atoms with van der Waals surface area (Å²) < 4.78 is 64.4. The lowest BCUT2D eigenvalue weighted by atomic mass is 10.1. The topological polar surface area (TPSA) is 75.6 Å². The van der Waals surface area contributed by atoms with Crippen LogP contribution in [-0.2, 0) is 4.79 Å². The van der Waals surface area contributed by atoms with Crippen molar-refractivity contribution in [3.05, 3.63) is 29.8 Å². The highest BCUT2D eigenvalue weighted by Gasteiger charge is 2.36. The van der Waals surface area contributed by atoms with E-state index in [0.29, 0.717) is 0 Å². The van der Waals surface area contributed by atoms with Gasteiger partial charge in [0.25, 0.3) is 5.91 Å². The summed E-state index contributed by atoms with van der Waals surface area (Å²) in [7, 11) is 0. The first-order valence-corrected chi connectivity index (χ1v) is 5.74. The normalized spacial score (nSPS) is 12.8. The van der Waals surface area contributed by atoms with Crippen LogP contribution in [0.5, 0.6) is 5.75 Å². The Bertz CT molecular complexity index is 529. The van der Waals surface area contributed by atoms with Crippen molar-refractivity contribution in [2.24, 2.45) is 0 Å². The summed E-state index contributed by atoms with van der Waals surface area (Å²) in [6.45, 7) is -3.07.